The summed E-state index contributed by atoms with van der Waals surface area (Å²) in [5.74, 6) is -0.677. The summed E-state index contributed by atoms with van der Waals surface area (Å²) < 4.78 is 1.91. The molecule has 0 aliphatic carbocycles. The lowest BCUT2D eigenvalue weighted by molar-refractivity contribution is -0.145. The highest BCUT2D eigenvalue weighted by Crippen LogP contribution is 2.38. The Morgan fingerprint density at radius 2 is 1.91 bits per heavy atom. The number of urea groups is 1. The fraction of sp³-hybridized carbons (Fsp3) is 0.520. The maximum absolute atomic E-state index is 12.9. The van der Waals surface area contributed by atoms with E-state index in [9.17, 15) is 14.7 Å². The first-order chi connectivity index (χ1) is 16.9. The molecule has 4 heterocycles. The molecule has 9 nitrogen and oxygen atoms in total. The van der Waals surface area contributed by atoms with E-state index < -0.39 is 5.97 Å². The average molecular weight is 499 g/mol. The Balaban J connectivity index is 1.26. The Morgan fingerprint density at radius 1 is 1.14 bits per heavy atom. The molecule has 2 aromatic rings. The van der Waals surface area contributed by atoms with Gasteiger partial charge >= 0.3 is 12.0 Å². The van der Waals surface area contributed by atoms with Crippen molar-refractivity contribution in [1.29, 1.82) is 5.41 Å². The van der Waals surface area contributed by atoms with Gasteiger partial charge in [0.1, 0.15) is 11.5 Å². The lowest BCUT2D eigenvalue weighted by atomic mass is 9.78. The summed E-state index contributed by atoms with van der Waals surface area (Å²) in [7, 11) is 0. The molecule has 3 aliphatic rings. The van der Waals surface area contributed by atoms with Gasteiger partial charge in [-0.1, -0.05) is 23.7 Å². The first-order valence-corrected chi connectivity index (χ1v) is 12.7. The van der Waals surface area contributed by atoms with Crippen LogP contribution in [0.3, 0.4) is 0 Å². The predicted molar refractivity (Wildman–Crippen MR) is 131 cm³/mol. The number of hydrogen-bond donors (Lipinski definition) is 3. The van der Waals surface area contributed by atoms with Crippen molar-refractivity contribution in [3.05, 3.63) is 52.3 Å². The monoisotopic (exact) mass is 498 g/mol. The van der Waals surface area contributed by atoms with Crippen LogP contribution in [0.1, 0.15) is 55.5 Å². The van der Waals surface area contributed by atoms with Crippen LogP contribution < -0.4 is 5.32 Å². The highest BCUT2D eigenvalue weighted by molar-refractivity contribution is 6.30. The molecule has 186 valence electrons. The number of carboxylic acid groups (broad SMARTS) is 1. The summed E-state index contributed by atoms with van der Waals surface area (Å²) >= 11 is 6.04. The summed E-state index contributed by atoms with van der Waals surface area (Å²) in [4.78, 5) is 28.4. The number of aryl methyl sites for hydroxylation is 1. The van der Waals surface area contributed by atoms with E-state index in [4.69, 9.17) is 22.1 Å². The quantitative estimate of drug-likeness (QED) is 0.439. The van der Waals surface area contributed by atoms with Crippen molar-refractivity contribution < 1.29 is 14.7 Å². The zero-order valence-corrected chi connectivity index (χ0v) is 20.4. The van der Waals surface area contributed by atoms with Gasteiger partial charge in [0.25, 0.3) is 0 Å². The summed E-state index contributed by atoms with van der Waals surface area (Å²) in [6, 6.07) is 9.37. The van der Waals surface area contributed by atoms with E-state index >= 15 is 0 Å². The lowest BCUT2D eigenvalue weighted by Gasteiger charge is -2.49. The molecular weight excluding hydrogens is 468 g/mol. The van der Waals surface area contributed by atoms with Gasteiger partial charge in [0.2, 0.25) is 0 Å². The molecule has 1 aromatic heterocycles. The van der Waals surface area contributed by atoms with Crippen molar-refractivity contribution in [2.45, 2.75) is 70.2 Å². The lowest BCUT2D eigenvalue weighted by Crippen LogP contribution is -2.55. The molecule has 3 N–H and O–H groups in total. The first kappa shape index (κ1) is 23.7. The number of nitrogens with zero attached hydrogens (tertiary/aromatic N) is 4. The number of piperidine rings is 2. The van der Waals surface area contributed by atoms with Gasteiger partial charge in [-0.3, -0.25) is 14.9 Å². The number of hydrogen-bond acceptors (Lipinski definition) is 4. The first-order valence-electron chi connectivity index (χ1n) is 12.3. The number of halogens is 1. The Hall–Kier alpha value is -3.07. The zero-order valence-electron chi connectivity index (χ0n) is 19.6. The SMILES string of the molecule is N=C(c1cc2n(n1)CCCN(C(=O)NCc1cccc(Cl)c1)C2)N1C2CCCC1CC(C(=O)O)C2. The number of amides is 2. The second kappa shape index (κ2) is 9.89. The van der Waals surface area contributed by atoms with Gasteiger partial charge in [-0.05, 0) is 62.3 Å². The Morgan fingerprint density at radius 3 is 2.63 bits per heavy atom. The molecule has 5 rings (SSSR count). The van der Waals surface area contributed by atoms with Crippen molar-refractivity contribution in [2.75, 3.05) is 6.54 Å². The molecule has 0 radical (unpaired) electrons. The van der Waals surface area contributed by atoms with Crippen molar-refractivity contribution in [2.24, 2.45) is 5.92 Å². The molecule has 0 saturated carbocycles. The van der Waals surface area contributed by atoms with Crippen LogP contribution in [0.25, 0.3) is 0 Å². The number of rotatable bonds is 4. The molecule has 10 heteroatoms. The molecule has 2 atom stereocenters. The molecule has 1 aromatic carbocycles. The third-order valence-corrected chi connectivity index (χ3v) is 7.69. The summed E-state index contributed by atoms with van der Waals surface area (Å²) in [6.45, 7) is 2.15. The number of carbonyl (C=O) groups is 2. The average Bonchev–Trinajstić information content (AvgIpc) is 3.12. The van der Waals surface area contributed by atoms with E-state index in [1.807, 2.05) is 28.9 Å². The topological polar surface area (TPSA) is 115 Å². The van der Waals surface area contributed by atoms with Gasteiger partial charge in [-0.25, -0.2) is 4.79 Å². The van der Waals surface area contributed by atoms with Gasteiger partial charge in [-0.2, -0.15) is 5.10 Å². The van der Waals surface area contributed by atoms with Crippen molar-refractivity contribution in [1.82, 2.24) is 24.9 Å². The fourth-order valence-electron chi connectivity index (χ4n) is 5.77. The van der Waals surface area contributed by atoms with Crippen LogP contribution in [0, 0.1) is 11.3 Å². The van der Waals surface area contributed by atoms with Gasteiger partial charge < -0.3 is 20.2 Å². The zero-order chi connectivity index (χ0) is 24.5. The Labute approximate surface area is 209 Å². The van der Waals surface area contributed by atoms with Crippen LogP contribution in [0.5, 0.6) is 0 Å². The summed E-state index contributed by atoms with van der Waals surface area (Å²) in [6.07, 6.45) is 4.85. The van der Waals surface area contributed by atoms with Crippen molar-refractivity contribution >= 4 is 29.4 Å². The molecule has 35 heavy (non-hydrogen) atoms. The van der Waals surface area contributed by atoms with Crippen LogP contribution >= 0.6 is 11.6 Å². The van der Waals surface area contributed by atoms with Gasteiger partial charge in [0.15, 0.2) is 0 Å². The summed E-state index contributed by atoms with van der Waals surface area (Å²) in [5.41, 5.74) is 2.45. The third-order valence-electron chi connectivity index (χ3n) is 7.46. The van der Waals surface area contributed by atoms with Crippen LogP contribution in [0.15, 0.2) is 30.3 Å². The number of fused-ring (bicyclic) bond motifs is 3. The number of carboxylic acids is 1. The van der Waals surface area contributed by atoms with E-state index in [2.05, 4.69) is 10.2 Å². The minimum Gasteiger partial charge on any atom is -0.481 e. The molecule has 2 saturated heterocycles. The minimum atomic E-state index is -0.726. The van der Waals surface area contributed by atoms with Crippen molar-refractivity contribution in [3.8, 4) is 0 Å². The predicted octanol–water partition coefficient (Wildman–Crippen LogP) is 3.70. The molecule has 3 aliphatic heterocycles. The standard InChI is InChI=1S/C25H31ClN6O3/c26-18-5-1-4-16(10-18)14-28-25(35)30-8-3-9-31-21(15-30)13-22(29-31)23(27)32-19-6-2-7-20(32)12-17(11-19)24(33)34/h1,4-5,10,13,17,19-20,27H,2-3,6-9,11-12,14-15H2,(H,28,35)(H,33,34). The molecule has 2 bridgehead atoms. The number of benzene rings is 1. The normalized spacial score (nSPS) is 23.9. The Kier molecular flexibility index (Phi) is 6.69. The van der Waals surface area contributed by atoms with Gasteiger partial charge in [0.05, 0.1) is 18.2 Å². The number of amidine groups is 1. The smallest absolute Gasteiger partial charge is 0.318 e. The second-order valence-corrected chi connectivity index (χ2v) is 10.2. The van der Waals surface area contributed by atoms with Crippen molar-refractivity contribution in [3.63, 3.8) is 0 Å². The number of aromatic nitrogens is 2. The van der Waals surface area contributed by atoms with Gasteiger partial charge in [0, 0.05) is 36.7 Å². The molecule has 2 amide bonds. The van der Waals surface area contributed by atoms with E-state index in [0.29, 0.717) is 55.6 Å². The van der Waals surface area contributed by atoms with E-state index in [1.165, 1.54) is 0 Å². The Bertz CT molecular complexity index is 1120. The fourth-order valence-corrected chi connectivity index (χ4v) is 5.98. The van der Waals surface area contributed by atoms with Crippen LogP contribution in [-0.2, 0) is 24.4 Å². The maximum Gasteiger partial charge on any atom is 0.318 e. The van der Waals surface area contributed by atoms with Crippen LogP contribution in [0.2, 0.25) is 5.02 Å². The molecule has 2 fully saturated rings. The highest BCUT2D eigenvalue weighted by atomic mass is 35.5. The van der Waals surface area contributed by atoms with E-state index in [-0.39, 0.29) is 24.0 Å². The number of carbonyl (C=O) groups excluding carboxylic acids is 1. The third kappa shape index (κ3) is 5.00. The molecule has 0 spiro atoms. The highest BCUT2D eigenvalue weighted by Gasteiger charge is 2.42. The van der Waals surface area contributed by atoms with Crippen LogP contribution in [-0.4, -0.2) is 61.2 Å². The largest absolute Gasteiger partial charge is 0.481 e. The minimum absolute atomic E-state index is 0.0753. The number of aliphatic carboxylic acids is 1. The second-order valence-electron chi connectivity index (χ2n) is 9.81. The van der Waals surface area contributed by atoms with E-state index in [1.54, 1.807) is 11.0 Å². The molecule has 2 unspecified atom stereocenters. The molecular formula is C25H31ClN6O3. The summed E-state index contributed by atoms with van der Waals surface area (Å²) in [5, 5.41) is 26.8. The maximum atomic E-state index is 12.9. The van der Waals surface area contributed by atoms with E-state index in [0.717, 1.165) is 36.9 Å². The van der Waals surface area contributed by atoms with Crippen LogP contribution in [0.4, 0.5) is 4.79 Å². The van der Waals surface area contributed by atoms with Gasteiger partial charge in [-0.15, -0.1) is 0 Å². The number of nitrogens with one attached hydrogen (secondary N) is 2.